The van der Waals surface area contributed by atoms with Gasteiger partial charge in [-0.15, -0.1) is 0 Å². The van der Waals surface area contributed by atoms with Crippen molar-refractivity contribution in [2.24, 2.45) is 0 Å². The topological polar surface area (TPSA) is 53.4 Å². The fraction of sp³-hybridized carbons (Fsp3) is 0.273. The van der Waals surface area contributed by atoms with Crippen molar-refractivity contribution in [3.8, 4) is 5.75 Å². The number of aryl methyl sites for hydroxylation is 1. The van der Waals surface area contributed by atoms with E-state index >= 15 is 0 Å². The number of carbonyl (C=O) groups excluding carboxylic acids is 1. The van der Waals surface area contributed by atoms with Gasteiger partial charge in [0.25, 0.3) is 0 Å². The van der Waals surface area contributed by atoms with E-state index in [0.29, 0.717) is 0 Å². The summed E-state index contributed by atoms with van der Waals surface area (Å²) in [6.07, 6.45) is 5.86. The van der Waals surface area contributed by atoms with Gasteiger partial charge in [0.2, 0.25) is 0 Å². The zero-order valence-corrected chi connectivity index (χ0v) is 17.1. The standard InChI is InChI=1S/C22H21BrN2O3/c1-27-22(26)14-20(25-12-2-11-24-25)15-3-7-18(8-4-15)28-21-10-5-16-13-17(23)6-9-19(16)21/h2-4,6-9,11-13,20-21H,5,10,14H2,1H3. The molecule has 2 aromatic carbocycles. The molecule has 0 saturated carbocycles. The van der Waals surface area contributed by atoms with Gasteiger partial charge in [-0.25, -0.2) is 0 Å². The van der Waals surface area contributed by atoms with E-state index in [1.54, 1.807) is 10.9 Å². The Labute approximate surface area is 172 Å². The monoisotopic (exact) mass is 440 g/mol. The van der Waals surface area contributed by atoms with Crippen LogP contribution in [0.1, 0.15) is 41.7 Å². The highest BCUT2D eigenvalue weighted by Crippen LogP contribution is 2.36. The Bertz CT molecular complexity index is 954. The molecule has 0 aliphatic heterocycles. The molecule has 0 spiro atoms. The normalized spacial score (nSPS) is 16.4. The van der Waals surface area contributed by atoms with E-state index in [1.165, 1.54) is 18.2 Å². The van der Waals surface area contributed by atoms with Crippen LogP contribution < -0.4 is 4.74 Å². The van der Waals surface area contributed by atoms with Crippen molar-refractivity contribution < 1.29 is 14.3 Å². The minimum atomic E-state index is -0.269. The number of hydrogen-bond donors (Lipinski definition) is 0. The number of methoxy groups -OCH3 is 1. The van der Waals surface area contributed by atoms with Crippen molar-refractivity contribution in [3.05, 3.63) is 82.1 Å². The predicted octanol–water partition coefficient (Wildman–Crippen LogP) is 4.86. The van der Waals surface area contributed by atoms with Crippen molar-refractivity contribution in [2.75, 3.05) is 7.11 Å². The number of fused-ring (bicyclic) bond motifs is 1. The molecule has 2 unspecified atom stereocenters. The third-order valence-electron chi connectivity index (χ3n) is 5.10. The Morgan fingerprint density at radius 3 is 2.82 bits per heavy atom. The maximum absolute atomic E-state index is 11.8. The summed E-state index contributed by atoms with van der Waals surface area (Å²) >= 11 is 3.53. The minimum Gasteiger partial charge on any atom is -0.486 e. The molecule has 6 heteroatoms. The Balaban J connectivity index is 1.51. The van der Waals surface area contributed by atoms with Crippen LogP contribution in [0.4, 0.5) is 0 Å². The Morgan fingerprint density at radius 2 is 2.11 bits per heavy atom. The molecule has 0 bridgehead atoms. The summed E-state index contributed by atoms with van der Waals surface area (Å²) in [4.78, 5) is 11.8. The zero-order valence-electron chi connectivity index (χ0n) is 15.5. The molecule has 3 aromatic rings. The van der Waals surface area contributed by atoms with Crippen LogP contribution in [0, 0.1) is 0 Å². The first-order valence-electron chi connectivity index (χ1n) is 9.25. The van der Waals surface area contributed by atoms with Crippen LogP contribution in [0.3, 0.4) is 0 Å². The summed E-state index contributed by atoms with van der Waals surface area (Å²) in [5, 5.41) is 4.29. The maximum Gasteiger partial charge on any atom is 0.308 e. The van der Waals surface area contributed by atoms with Gasteiger partial charge in [-0.3, -0.25) is 9.48 Å². The number of nitrogens with zero attached hydrogens (tertiary/aromatic N) is 2. The van der Waals surface area contributed by atoms with E-state index in [-0.39, 0.29) is 24.5 Å². The Hall–Kier alpha value is -2.60. The van der Waals surface area contributed by atoms with Gasteiger partial charge in [-0.1, -0.05) is 34.1 Å². The summed E-state index contributed by atoms with van der Waals surface area (Å²) in [5.74, 6) is 0.552. The molecule has 5 nitrogen and oxygen atoms in total. The average molecular weight is 441 g/mol. The zero-order chi connectivity index (χ0) is 19.5. The molecule has 1 aliphatic carbocycles. The molecule has 0 amide bonds. The van der Waals surface area contributed by atoms with Gasteiger partial charge >= 0.3 is 5.97 Å². The van der Waals surface area contributed by atoms with Crippen LogP contribution in [0.5, 0.6) is 5.75 Å². The van der Waals surface area contributed by atoms with Gasteiger partial charge in [0, 0.05) is 16.9 Å². The van der Waals surface area contributed by atoms with Crippen molar-refractivity contribution in [3.63, 3.8) is 0 Å². The molecule has 2 atom stereocenters. The van der Waals surface area contributed by atoms with Crippen molar-refractivity contribution in [1.82, 2.24) is 9.78 Å². The van der Waals surface area contributed by atoms with Crippen LogP contribution in [0.2, 0.25) is 0 Å². The van der Waals surface area contributed by atoms with Gasteiger partial charge in [-0.2, -0.15) is 5.10 Å². The lowest BCUT2D eigenvalue weighted by atomic mass is 10.0. The molecule has 144 valence electrons. The van der Waals surface area contributed by atoms with Gasteiger partial charge < -0.3 is 9.47 Å². The second-order valence-corrected chi connectivity index (χ2v) is 7.76. The average Bonchev–Trinajstić information content (AvgIpc) is 3.37. The summed E-state index contributed by atoms with van der Waals surface area (Å²) in [6.45, 7) is 0. The predicted molar refractivity (Wildman–Crippen MR) is 109 cm³/mol. The van der Waals surface area contributed by atoms with Gasteiger partial charge in [-0.05, 0) is 59.9 Å². The number of benzene rings is 2. The third kappa shape index (κ3) is 3.97. The maximum atomic E-state index is 11.8. The molecular weight excluding hydrogens is 420 g/mol. The van der Waals surface area contributed by atoms with E-state index in [4.69, 9.17) is 9.47 Å². The molecule has 0 N–H and O–H groups in total. The fourth-order valence-corrected chi connectivity index (χ4v) is 4.08. The van der Waals surface area contributed by atoms with Crippen LogP contribution in [-0.2, 0) is 16.0 Å². The third-order valence-corrected chi connectivity index (χ3v) is 5.60. The molecule has 4 rings (SSSR count). The smallest absolute Gasteiger partial charge is 0.308 e. The quantitative estimate of drug-likeness (QED) is 0.513. The van der Waals surface area contributed by atoms with E-state index in [2.05, 4.69) is 39.2 Å². The largest absolute Gasteiger partial charge is 0.486 e. The van der Waals surface area contributed by atoms with Gasteiger partial charge in [0.15, 0.2) is 0 Å². The second kappa shape index (κ2) is 8.19. The number of hydrogen-bond acceptors (Lipinski definition) is 4. The molecule has 28 heavy (non-hydrogen) atoms. The fourth-order valence-electron chi connectivity index (χ4n) is 3.67. The molecule has 1 heterocycles. The van der Waals surface area contributed by atoms with Crippen molar-refractivity contribution in [1.29, 1.82) is 0 Å². The minimum absolute atomic E-state index is 0.0749. The molecule has 1 aliphatic rings. The van der Waals surface area contributed by atoms with Crippen LogP contribution in [-0.4, -0.2) is 22.9 Å². The number of ether oxygens (including phenoxy) is 2. The van der Waals surface area contributed by atoms with Crippen LogP contribution in [0.15, 0.2) is 65.4 Å². The number of halogens is 1. The lowest BCUT2D eigenvalue weighted by Gasteiger charge is -2.19. The summed E-state index contributed by atoms with van der Waals surface area (Å²) in [7, 11) is 1.40. The molecule has 0 fully saturated rings. The highest BCUT2D eigenvalue weighted by atomic mass is 79.9. The van der Waals surface area contributed by atoms with Gasteiger partial charge in [0.1, 0.15) is 11.9 Å². The highest BCUT2D eigenvalue weighted by molar-refractivity contribution is 9.10. The Morgan fingerprint density at radius 1 is 1.29 bits per heavy atom. The summed E-state index contributed by atoms with van der Waals surface area (Å²) < 4.78 is 14.0. The van der Waals surface area contributed by atoms with E-state index in [1.807, 2.05) is 36.5 Å². The lowest BCUT2D eigenvalue weighted by Crippen LogP contribution is -2.16. The molecule has 0 radical (unpaired) electrons. The highest BCUT2D eigenvalue weighted by Gasteiger charge is 2.24. The lowest BCUT2D eigenvalue weighted by molar-refractivity contribution is -0.141. The molecule has 0 saturated heterocycles. The van der Waals surface area contributed by atoms with E-state index in [0.717, 1.165) is 28.6 Å². The first kappa shape index (κ1) is 18.7. The van der Waals surface area contributed by atoms with Crippen LogP contribution >= 0.6 is 15.9 Å². The first-order chi connectivity index (χ1) is 13.6. The van der Waals surface area contributed by atoms with Crippen molar-refractivity contribution >= 4 is 21.9 Å². The SMILES string of the molecule is COC(=O)CC(c1ccc(OC2CCc3cc(Br)ccc32)cc1)n1cccn1. The first-order valence-corrected chi connectivity index (χ1v) is 10.0. The second-order valence-electron chi connectivity index (χ2n) is 6.84. The number of rotatable bonds is 6. The molecule has 1 aromatic heterocycles. The number of esters is 1. The van der Waals surface area contributed by atoms with E-state index < -0.39 is 0 Å². The Kier molecular flexibility index (Phi) is 5.48. The van der Waals surface area contributed by atoms with Crippen LogP contribution in [0.25, 0.3) is 0 Å². The molecular formula is C22H21BrN2O3. The summed E-state index contributed by atoms with van der Waals surface area (Å²) in [5.41, 5.74) is 3.58. The van der Waals surface area contributed by atoms with Crippen molar-refractivity contribution in [2.45, 2.75) is 31.4 Å². The van der Waals surface area contributed by atoms with E-state index in [9.17, 15) is 4.79 Å². The van der Waals surface area contributed by atoms with Gasteiger partial charge in [0.05, 0.1) is 19.6 Å². The number of aromatic nitrogens is 2. The summed E-state index contributed by atoms with van der Waals surface area (Å²) in [6, 6.07) is 15.9. The number of carbonyl (C=O) groups is 1.